The Bertz CT molecular complexity index is 1050. The fraction of sp³-hybridized carbons (Fsp3) is 0.250. The van der Waals surface area contributed by atoms with E-state index in [0.717, 1.165) is 14.3 Å². The number of aromatic nitrogens is 3. The first-order valence-electron chi connectivity index (χ1n) is 7.56. The quantitative estimate of drug-likeness (QED) is 0.582. The summed E-state index contributed by atoms with van der Waals surface area (Å²) in [4.78, 5) is 7.06. The summed E-state index contributed by atoms with van der Waals surface area (Å²) in [6.07, 6.45) is 0. The molecule has 26 heavy (non-hydrogen) atoms. The highest BCUT2D eigenvalue weighted by molar-refractivity contribution is 9.10. The number of hydrogen-bond acceptors (Lipinski definition) is 6. The van der Waals surface area contributed by atoms with E-state index in [1.807, 2.05) is 18.2 Å². The maximum atomic E-state index is 12.3. The largest absolute Gasteiger partial charge is 0.496 e. The Labute approximate surface area is 159 Å². The predicted molar refractivity (Wildman–Crippen MR) is 99.4 cm³/mol. The van der Waals surface area contributed by atoms with Crippen molar-refractivity contribution in [1.82, 2.24) is 19.5 Å². The van der Waals surface area contributed by atoms with Crippen LogP contribution in [0.1, 0.15) is 5.56 Å². The highest BCUT2D eigenvalue weighted by Gasteiger charge is 2.19. The first-order valence-corrected chi connectivity index (χ1v) is 9.80. The summed E-state index contributed by atoms with van der Waals surface area (Å²) in [5, 5.41) is 7.94. The molecule has 138 valence electrons. The number of fused-ring (bicyclic) bond motifs is 1. The molecule has 0 atom stereocenters. The SMILES string of the molecule is COc1ccc(Br)cc1COn1nnc2ccc(S(=O)(=O)N(C)C)cc21. The molecule has 0 N–H and O–H groups in total. The van der Waals surface area contributed by atoms with Gasteiger partial charge < -0.3 is 9.57 Å². The van der Waals surface area contributed by atoms with Crippen molar-refractivity contribution in [2.75, 3.05) is 21.2 Å². The highest BCUT2D eigenvalue weighted by Crippen LogP contribution is 2.24. The van der Waals surface area contributed by atoms with Crippen molar-refractivity contribution < 1.29 is 18.0 Å². The second kappa shape index (κ2) is 7.22. The molecule has 0 aliphatic heterocycles. The number of nitrogens with zero attached hydrogens (tertiary/aromatic N) is 4. The maximum absolute atomic E-state index is 12.3. The standard InChI is InChI=1S/C16H17BrN4O4S/c1-20(2)26(22,23)13-5-6-14-15(9-13)21(19-18-14)25-10-11-8-12(17)4-7-16(11)24-3/h4-9H,10H2,1-3H3. The summed E-state index contributed by atoms with van der Waals surface area (Å²) in [6.45, 7) is 0.172. The number of halogens is 1. The van der Waals surface area contributed by atoms with Crippen molar-refractivity contribution in [1.29, 1.82) is 0 Å². The molecular formula is C16H17BrN4O4S. The fourth-order valence-corrected chi connectivity index (χ4v) is 3.67. The van der Waals surface area contributed by atoms with Crippen LogP contribution in [0, 0.1) is 0 Å². The predicted octanol–water partition coefficient (Wildman–Crippen LogP) is 2.08. The summed E-state index contributed by atoms with van der Waals surface area (Å²) >= 11 is 3.41. The average Bonchev–Trinajstić information content (AvgIpc) is 3.02. The summed E-state index contributed by atoms with van der Waals surface area (Å²) in [5.41, 5.74) is 1.80. The third-order valence-electron chi connectivity index (χ3n) is 3.75. The van der Waals surface area contributed by atoms with Gasteiger partial charge in [-0.1, -0.05) is 20.8 Å². The van der Waals surface area contributed by atoms with Crippen LogP contribution in [0.2, 0.25) is 0 Å². The summed E-state index contributed by atoms with van der Waals surface area (Å²) in [7, 11) is 0.970. The molecule has 0 radical (unpaired) electrons. The van der Waals surface area contributed by atoms with Crippen LogP contribution in [0.25, 0.3) is 11.0 Å². The monoisotopic (exact) mass is 440 g/mol. The highest BCUT2D eigenvalue weighted by atomic mass is 79.9. The van der Waals surface area contributed by atoms with Crippen LogP contribution in [-0.2, 0) is 16.6 Å². The number of rotatable bonds is 6. The molecule has 3 rings (SSSR count). The van der Waals surface area contributed by atoms with Gasteiger partial charge in [0.05, 0.1) is 12.0 Å². The van der Waals surface area contributed by atoms with Gasteiger partial charge in [-0.25, -0.2) is 12.7 Å². The topological polar surface area (TPSA) is 86.5 Å². The Kier molecular flexibility index (Phi) is 5.17. The minimum atomic E-state index is -3.56. The lowest BCUT2D eigenvalue weighted by Gasteiger charge is -2.12. The van der Waals surface area contributed by atoms with Crippen molar-refractivity contribution >= 4 is 37.0 Å². The second-order valence-electron chi connectivity index (χ2n) is 5.63. The molecular weight excluding hydrogens is 424 g/mol. The van der Waals surface area contributed by atoms with Crippen molar-refractivity contribution in [3.05, 3.63) is 46.4 Å². The van der Waals surface area contributed by atoms with Gasteiger partial charge in [0, 0.05) is 24.1 Å². The molecule has 8 nitrogen and oxygen atoms in total. The lowest BCUT2D eigenvalue weighted by Crippen LogP contribution is -2.22. The third kappa shape index (κ3) is 3.53. The van der Waals surface area contributed by atoms with Crippen LogP contribution in [-0.4, -0.2) is 49.1 Å². The zero-order valence-corrected chi connectivity index (χ0v) is 16.8. The van der Waals surface area contributed by atoms with Crippen molar-refractivity contribution in [3.63, 3.8) is 0 Å². The van der Waals surface area contributed by atoms with Gasteiger partial charge in [0.1, 0.15) is 23.4 Å². The third-order valence-corrected chi connectivity index (χ3v) is 6.05. The van der Waals surface area contributed by atoms with Gasteiger partial charge in [0.25, 0.3) is 0 Å². The van der Waals surface area contributed by atoms with Crippen LogP contribution in [0.5, 0.6) is 5.75 Å². The van der Waals surface area contributed by atoms with E-state index in [2.05, 4.69) is 26.2 Å². The first kappa shape index (κ1) is 18.6. The zero-order valence-electron chi connectivity index (χ0n) is 14.4. The molecule has 0 bridgehead atoms. The number of benzene rings is 2. The Morgan fingerprint density at radius 1 is 1.19 bits per heavy atom. The van der Waals surface area contributed by atoms with Gasteiger partial charge in [-0.15, -0.1) is 5.10 Å². The molecule has 0 spiro atoms. The van der Waals surface area contributed by atoms with E-state index >= 15 is 0 Å². The summed E-state index contributed by atoms with van der Waals surface area (Å²) < 4.78 is 32.0. The Hall–Kier alpha value is -2.17. The van der Waals surface area contributed by atoms with Crippen LogP contribution in [0.4, 0.5) is 0 Å². The lowest BCUT2D eigenvalue weighted by atomic mass is 10.2. The molecule has 0 saturated carbocycles. The van der Waals surface area contributed by atoms with Crippen LogP contribution in [0.3, 0.4) is 0 Å². The number of methoxy groups -OCH3 is 1. The minimum Gasteiger partial charge on any atom is -0.496 e. The van der Waals surface area contributed by atoms with Crippen molar-refractivity contribution in [2.24, 2.45) is 0 Å². The Morgan fingerprint density at radius 3 is 2.65 bits per heavy atom. The molecule has 0 saturated heterocycles. The smallest absolute Gasteiger partial charge is 0.242 e. The molecule has 0 fully saturated rings. The molecule has 0 amide bonds. The van der Waals surface area contributed by atoms with Gasteiger partial charge >= 0.3 is 0 Å². The lowest BCUT2D eigenvalue weighted by molar-refractivity contribution is 0.0738. The van der Waals surface area contributed by atoms with Crippen LogP contribution in [0.15, 0.2) is 45.8 Å². The molecule has 3 aromatic rings. The van der Waals surface area contributed by atoms with E-state index in [0.29, 0.717) is 16.8 Å². The molecule has 0 unspecified atom stereocenters. The molecule has 1 heterocycles. The van der Waals surface area contributed by atoms with E-state index in [1.165, 1.54) is 31.1 Å². The molecule has 0 aliphatic carbocycles. The first-order chi connectivity index (χ1) is 12.3. The zero-order chi connectivity index (χ0) is 18.9. The van der Waals surface area contributed by atoms with Gasteiger partial charge in [-0.3, -0.25) is 0 Å². The van der Waals surface area contributed by atoms with Crippen LogP contribution >= 0.6 is 15.9 Å². The van der Waals surface area contributed by atoms with Gasteiger partial charge in [-0.05, 0) is 41.6 Å². The van der Waals surface area contributed by atoms with Gasteiger partial charge in [0.2, 0.25) is 10.0 Å². The van der Waals surface area contributed by atoms with Crippen molar-refractivity contribution in [3.8, 4) is 5.75 Å². The van der Waals surface area contributed by atoms with Crippen molar-refractivity contribution in [2.45, 2.75) is 11.5 Å². The Morgan fingerprint density at radius 2 is 1.96 bits per heavy atom. The van der Waals surface area contributed by atoms with E-state index < -0.39 is 10.0 Å². The molecule has 10 heteroatoms. The number of sulfonamides is 1. The second-order valence-corrected chi connectivity index (χ2v) is 8.70. The molecule has 2 aromatic carbocycles. The minimum absolute atomic E-state index is 0.141. The Balaban J connectivity index is 1.93. The van der Waals surface area contributed by atoms with Gasteiger partial charge in [-0.2, -0.15) is 0 Å². The molecule has 0 aliphatic rings. The van der Waals surface area contributed by atoms with E-state index in [-0.39, 0.29) is 11.5 Å². The number of ether oxygens (including phenoxy) is 1. The van der Waals surface area contributed by atoms with E-state index in [9.17, 15) is 8.42 Å². The van der Waals surface area contributed by atoms with E-state index in [4.69, 9.17) is 9.57 Å². The normalized spacial score (nSPS) is 11.9. The fourth-order valence-electron chi connectivity index (χ4n) is 2.34. The summed E-state index contributed by atoms with van der Waals surface area (Å²) in [6, 6.07) is 10.1. The number of hydrogen-bond donors (Lipinski definition) is 0. The molecule has 1 aromatic heterocycles. The maximum Gasteiger partial charge on any atom is 0.242 e. The van der Waals surface area contributed by atoms with E-state index in [1.54, 1.807) is 13.2 Å². The van der Waals surface area contributed by atoms with Gasteiger partial charge in [0.15, 0.2) is 0 Å². The summed E-state index contributed by atoms with van der Waals surface area (Å²) in [5.74, 6) is 0.675. The van der Waals surface area contributed by atoms with Crippen LogP contribution < -0.4 is 9.57 Å². The average molecular weight is 441 g/mol.